The van der Waals surface area contributed by atoms with Gasteiger partial charge < -0.3 is 20.3 Å². The predicted molar refractivity (Wildman–Crippen MR) is 56.0 cm³/mol. The molecule has 1 aromatic carbocycles. The molecule has 15 heavy (non-hydrogen) atoms. The van der Waals surface area contributed by atoms with Gasteiger partial charge in [-0.2, -0.15) is 0 Å². The Kier molecular flexibility index (Phi) is 2.54. The van der Waals surface area contributed by atoms with Crippen molar-refractivity contribution in [3.63, 3.8) is 0 Å². The minimum Gasteiger partial charge on any atom is -0.504 e. The van der Waals surface area contributed by atoms with Gasteiger partial charge in [0.15, 0.2) is 11.5 Å². The highest BCUT2D eigenvalue weighted by Crippen LogP contribution is 2.40. The fraction of sp³-hybridized carbons (Fsp3) is 0.455. The maximum atomic E-state index is 9.95. The lowest BCUT2D eigenvalue weighted by Crippen LogP contribution is -2.31. The first kappa shape index (κ1) is 10.3. The van der Waals surface area contributed by atoms with Gasteiger partial charge in [-0.25, -0.2) is 0 Å². The number of hydrogen-bond acceptors (Lipinski definition) is 4. The van der Waals surface area contributed by atoms with Crippen molar-refractivity contribution in [2.75, 3.05) is 13.7 Å². The van der Waals surface area contributed by atoms with Gasteiger partial charge in [0.2, 0.25) is 0 Å². The number of hydrogen-bond donors (Lipinski definition) is 3. The summed E-state index contributed by atoms with van der Waals surface area (Å²) < 4.78 is 5.04. The highest BCUT2D eigenvalue weighted by Gasteiger charge is 2.27. The van der Waals surface area contributed by atoms with Crippen LogP contribution in [0.3, 0.4) is 0 Å². The van der Waals surface area contributed by atoms with E-state index < -0.39 is 6.10 Å². The van der Waals surface area contributed by atoms with Crippen molar-refractivity contribution in [3.05, 3.63) is 23.3 Å². The Balaban J connectivity index is 2.58. The average Bonchev–Trinajstić information content (AvgIpc) is 2.23. The lowest BCUT2D eigenvalue weighted by molar-refractivity contribution is 0.157. The zero-order valence-corrected chi connectivity index (χ0v) is 8.82. The van der Waals surface area contributed by atoms with Crippen molar-refractivity contribution in [2.24, 2.45) is 0 Å². The SMILES string of the molecule is COc1ccc2c(c1O)[C@H](C)NC[C@@H]2O. The summed E-state index contributed by atoms with van der Waals surface area (Å²) in [4.78, 5) is 0. The van der Waals surface area contributed by atoms with E-state index in [1.54, 1.807) is 12.1 Å². The summed E-state index contributed by atoms with van der Waals surface area (Å²) in [5, 5.41) is 22.8. The Morgan fingerprint density at radius 3 is 2.87 bits per heavy atom. The molecular weight excluding hydrogens is 194 g/mol. The number of phenols is 1. The van der Waals surface area contributed by atoms with Gasteiger partial charge in [0, 0.05) is 18.2 Å². The molecule has 0 saturated carbocycles. The van der Waals surface area contributed by atoms with Gasteiger partial charge in [-0.1, -0.05) is 6.07 Å². The lowest BCUT2D eigenvalue weighted by Gasteiger charge is -2.29. The molecule has 0 fully saturated rings. The van der Waals surface area contributed by atoms with Gasteiger partial charge in [-0.05, 0) is 18.6 Å². The number of aliphatic hydroxyl groups excluding tert-OH is 1. The number of benzene rings is 1. The van der Waals surface area contributed by atoms with Gasteiger partial charge in [0.05, 0.1) is 13.2 Å². The Hall–Kier alpha value is -1.26. The molecule has 1 aliphatic heterocycles. The van der Waals surface area contributed by atoms with Crippen LogP contribution in [0, 0.1) is 0 Å². The molecule has 0 amide bonds. The summed E-state index contributed by atoms with van der Waals surface area (Å²) in [6.45, 7) is 2.46. The van der Waals surface area contributed by atoms with E-state index >= 15 is 0 Å². The standard InChI is InChI=1S/C11H15NO3/c1-6-10-7(8(13)5-12-6)3-4-9(15-2)11(10)14/h3-4,6,8,12-14H,5H2,1-2H3/t6-,8-/m0/s1. The van der Waals surface area contributed by atoms with E-state index in [0.29, 0.717) is 12.3 Å². The smallest absolute Gasteiger partial charge is 0.162 e. The maximum absolute atomic E-state index is 9.95. The summed E-state index contributed by atoms with van der Waals surface area (Å²) >= 11 is 0. The fourth-order valence-corrected chi connectivity index (χ4v) is 2.01. The summed E-state index contributed by atoms with van der Waals surface area (Å²) in [6.07, 6.45) is -0.562. The van der Waals surface area contributed by atoms with Crippen molar-refractivity contribution in [3.8, 4) is 11.5 Å². The van der Waals surface area contributed by atoms with E-state index in [4.69, 9.17) is 4.74 Å². The first-order valence-corrected chi connectivity index (χ1v) is 4.96. The summed E-state index contributed by atoms with van der Waals surface area (Å²) in [7, 11) is 1.51. The molecule has 3 N–H and O–H groups in total. The summed E-state index contributed by atoms with van der Waals surface area (Å²) in [6, 6.07) is 3.50. The second-order valence-corrected chi connectivity index (χ2v) is 3.77. The number of ether oxygens (including phenoxy) is 1. The van der Waals surface area contributed by atoms with Crippen LogP contribution in [0.4, 0.5) is 0 Å². The van der Waals surface area contributed by atoms with Crippen LogP contribution in [0.5, 0.6) is 11.5 Å². The summed E-state index contributed by atoms with van der Waals surface area (Å²) in [5.41, 5.74) is 1.51. The van der Waals surface area contributed by atoms with Crippen molar-refractivity contribution < 1.29 is 14.9 Å². The summed E-state index contributed by atoms with van der Waals surface area (Å²) in [5.74, 6) is 0.560. The van der Waals surface area contributed by atoms with E-state index in [1.165, 1.54) is 7.11 Å². The van der Waals surface area contributed by atoms with E-state index in [9.17, 15) is 10.2 Å². The molecule has 0 aliphatic carbocycles. The number of methoxy groups -OCH3 is 1. The second kappa shape index (κ2) is 3.72. The Labute approximate surface area is 88.5 Å². The molecule has 0 bridgehead atoms. The molecule has 0 saturated heterocycles. The number of nitrogens with one attached hydrogen (secondary N) is 1. The molecule has 0 spiro atoms. The molecule has 82 valence electrons. The van der Waals surface area contributed by atoms with E-state index in [0.717, 1.165) is 11.1 Å². The van der Waals surface area contributed by atoms with Gasteiger partial charge in [0.25, 0.3) is 0 Å². The number of aromatic hydroxyl groups is 1. The molecule has 4 nitrogen and oxygen atoms in total. The first-order valence-electron chi connectivity index (χ1n) is 4.96. The third kappa shape index (κ3) is 1.56. The second-order valence-electron chi connectivity index (χ2n) is 3.77. The van der Waals surface area contributed by atoms with Crippen LogP contribution >= 0.6 is 0 Å². The van der Waals surface area contributed by atoms with Crippen LogP contribution < -0.4 is 10.1 Å². The average molecular weight is 209 g/mol. The molecule has 0 unspecified atom stereocenters. The van der Waals surface area contributed by atoms with Crippen LogP contribution in [-0.4, -0.2) is 23.9 Å². The number of fused-ring (bicyclic) bond motifs is 1. The zero-order chi connectivity index (χ0) is 11.0. The van der Waals surface area contributed by atoms with E-state index in [2.05, 4.69) is 5.32 Å². The number of phenolic OH excluding ortho intramolecular Hbond substituents is 1. The molecule has 2 rings (SSSR count). The number of rotatable bonds is 1. The van der Waals surface area contributed by atoms with Crippen LogP contribution in [-0.2, 0) is 0 Å². The van der Waals surface area contributed by atoms with Gasteiger partial charge in [-0.3, -0.25) is 0 Å². The Morgan fingerprint density at radius 1 is 1.47 bits per heavy atom. The molecular formula is C11H15NO3. The van der Waals surface area contributed by atoms with Crippen LogP contribution in [0.25, 0.3) is 0 Å². The van der Waals surface area contributed by atoms with Crippen molar-refractivity contribution in [1.29, 1.82) is 0 Å². The first-order chi connectivity index (χ1) is 7.15. The van der Waals surface area contributed by atoms with E-state index in [1.807, 2.05) is 6.92 Å². The normalized spacial score (nSPS) is 24.7. The number of aliphatic hydroxyl groups is 1. The minimum absolute atomic E-state index is 0.0264. The zero-order valence-electron chi connectivity index (χ0n) is 8.82. The Morgan fingerprint density at radius 2 is 2.20 bits per heavy atom. The highest BCUT2D eigenvalue weighted by molar-refractivity contribution is 5.52. The van der Waals surface area contributed by atoms with Crippen molar-refractivity contribution >= 4 is 0 Å². The Bertz CT molecular complexity index is 378. The van der Waals surface area contributed by atoms with E-state index in [-0.39, 0.29) is 11.8 Å². The highest BCUT2D eigenvalue weighted by atomic mass is 16.5. The van der Waals surface area contributed by atoms with Crippen molar-refractivity contribution in [2.45, 2.75) is 19.1 Å². The van der Waals surface area contributed by atoms with Gasteiger partial charge in [-0.15, -0.1) is 0 Å². The third-order valence-corrected chi connectivity index (χ3v) is 2.84. The minimum atomic E-state index is -0.562. The fourth-order valence-electron chi connectivity index (χ4n) is 2.01. The molecule has 4 heteroatoms. The topological polar surface area (TPSA) is 61.7 Å². The monoisotopic (exact) mass is 209 g/mol. The maximum Gasteiger partial charge on any atom is 0.162 e. The van der Waals surface area contributed by atoms with Crippen molar-refractivity contribution in [1.82, 2.24) is 5.32 Å². The number of β-amino-alcohol motifs (C(OH)–C–C–N with tert-alkyl or cyclic N) is 1. The molecule has 1 heterocycles. The molecule has 0 radical (unpaired) electrons. The lowest BCUT2D eigenvalue weighted by atomic mass is 9.92. The van der Waals surface area contributed by atoms with Gasteiger partial charge >= 0.3 is 0 Å². The molecule has 2 atom stereocenters. The quantitative estimate of drug-likeness (QED) is 0.648. The van der Waals surface area contributed by atoms with Crippen LogP contribution in [0.15, 0.2) is 12.1 Å². The third-order valence-electron chi connectivity index (χ3n) is 2.84. The molecule has 1 aliphatic rings. The van der Waals surface area contributed by atoms with Crippen LogP contribution in [0.2, 0.25) is 0 Å². The van der Waals surface area contributed by atoms with Crippen LogP contribution in [0.1, 0.15) is 30.2 Å². The largest absolute Gasteiger partial charge is 0.504 e. The predicted octanol–water partition coefficient (Wildman–Crippen LogP) is 1.10. The molecule has 1 aromatic rings. The van der Waals surface area contributed by atoms with Gasteiger partial charge in [0.1, 0.15) is 0 Å². The molecule has 0 aromatic heterocycles.